The van der Waals surface area contributed by atoms with Crippen LogP contribution < -0.4 is 4.74 Å². The van der Waals surface area contributed by atoms with Gasteiger partial charge in [0.05, 0.1) is 23.3 Å². The van der Waals surface area contributed by atoms with Gasteiger partial charge in [-0.1, -0.05) is 29.8 Å². The van der Waals surface area contributed by atoms with Gasteiger partial charge in [0.25, 0.3) is 5.69 Å². The number of rotatable bonds is 7. The Balaban J connectivity index is 2.83. The van der Waals surface area contributed by atoms with E-state index in [-0.39, 0.29) is 29.9 Å². The summed E-state index contributed by atoms with van der Waals surface area (Å²) in [6.07, 6.45) is 0. The van der Waals surface area contributed by atoms with Crippen LogP contribution in [-0.4, -0.2) is 25.7 Å². The molecule has 0 aliphatic carbocycles. The molecule has 0 fully saturated rings. The Morgan fingerprint density at radius 3 is 2.48 bits per heavy atom. The third-order valence-corrected chi connectivity index (χ3v) is 4.55. The smallest absolute Gasteiger partial charge is 0.274 e. The van der Waals surface area contributed by atoms with Crippen LogP contribution >= 0.6 is 26.6 Å². The molecule has 0 radical (unpaired) electrons. The Bertz CT molecular complexity index is 620. The topological polar surface area (TPSA) is 86.5 Å². The zero-order valence-corrected chi connectivity index (χ0v) is 14.6. The number of nitro benzene ring substituents is 1. The van der Waals surface area contributed by atoms with Crippen molar-refractivity contribution in [3.8, 4) is 5.75 Å². The molecule has 0 aliphatic heterocycles. The molecule has 6 nitrogen and oxygen atoms in total. The molecule has 0 saturated carbocycles. The summed E-state index contributed by atoms with van der Waals surface area (Å²) in [6, 6.07) is 4.23. The second-order valence-electron chi connectivity index (χ2n) is 4.92. The van der Waals surface area contributed by atoms with Gasteiger partial charge in [-0.25, -0.2) is 8.42 Å². The third-order valence-electron chi connectivity index (χ3n) is 2.89. The molecule has 0 amide bonds. The highest BCUT2D eigenvalue weighted by atomic mass is 79.9. The molecular formula is C12H15BrClNO5S. The van der Waals surface area contributed by atoms with Gasteiger partial charge in [0.2, 0.25) is 9.05 Å². The molecular weight excluding hydrogens is 386 g/mol. The normalized spacial score (nSPS) is 13.2. The van der Waals surface area contributed by atoms with Gasteiger partial charge in [0.1, 0.15) is 5.75 Å². The lowest BCUT2D eigenvalue weighted by Gasteiger charge is -2.19. The van der Waals surface area contributed by atoms with Gasteiger partial charge in [-0.15, -0.1) is 0 Å². The van der Waals surface area contributed by atoms with Crippen molar-refractivity contribution in [2.45, 2.75) is 13.8 Å². The van der Waals surface area contributed by atoms with Crippen LogP contribution in [0.15, 0.2) is 22.7 Å². The van der Waals surface area contributed by atoms with Crippen molar-refractivity contribution in [2.24, 2.45) is 11.8 Å². The maximum atomic E-state index is 11.2. The molecule has 0 bridgehead atoms. The van der Waals surface area contributed by atoms with E-state index in [1.807, 2.05) is 13.8 Å². The maximum Gasteiger partial charge on any atom is 0.274 e. The van der Waals surface area contributed by atoms with Crippen molar-refractivity contribution in [2.75, 3.05) is 12.4 Å². The number of nitro groups is 1. The minimum absolute atomic E-state index is 0.0423. The van der Waals surface area contributed by atoms with Crippen molar-refractivity contribution in [1.29, 1.82) is 0 Å². The lowest BCUT2D eigenvalue weighted by molar-refractivity contribution is -0.385. The van der Waals surface area contributed by atoms with E-state index in [1.165, 1.54) is 12.1 Å². The molecule has 0 aromatic heterocycles. The lowest BCUT2D eigenvalue weighted by atomic mass is 9.99. The molecule has 0 spiro atoms. The van der Waals surface area contributed by atoms with Crippen LogP contribution in [0.25, 0.3) is 0 Å². The van der Waals surface area contributed by atoms with E-state index in [9.17, 15) is 18.5 Å². The molecule has 1 unspecified atom stereocenters. The molecule has 21 heavy (non-hydrogen) atoms. The second-order valence-corrected chi connectivity index (χ2v) is 8.66. The van der Waals surface area contributed by atoms with E-state index in [1.54, 1.807) is 6.07 Å². The third kappa shape index (κ3) is 6.62. The zero-order chi connectivity index (χ0) is 16.2. The first kappa shape index (κ1) is 18.2. The first-order valence-corrected chi connectivity index (χ1v) is 9.35. The standard InChI is InChI=1S/C12H15BrClNO5S/c1-8(2)9(7-21(14,18)19)6-20-12-4-10(13)3-11(5-12)15(16)17/h3-5,8-9H,6-7H2,1-2H3. The minimum atomic E-state index is -3.63. The number of ether oxygens (including phenoxy) is 1. The summed E-state index contributed by atoms with van der Waals surface area (Å²) in [7, 11) is 1.64. The molecule has 1 aromatic rings. The Labute approximate surface area is 136 Å². The van der Waals surface area contributed by atoms with Crippen LogP contribution in [-0.2, 0) is 9.05 Å². The molecule has 118 valence electrons. The van der Waals surface area contributed by atoms with Gasteiger partial charge >= 0.3 is 0 Å². The summed E-state index contributed by atoms with van der Waals surface area (Å²) in [5, 5.41) is 10.8. The van der Waals surface area contributed by atoms with Gasteiger partial charge in [-0.2, -0.15) is 0 Å². The SMILES string of the molecule is CC(C)C(COc1cc(Br)cc([N+](=O)[O-])c1)CS(=O)(=O)Cl. The van der Waals surface area contributed by atoms with Crippen LogP contribution in [0.3, 0.4) is 0 Å². The molecule has 0 heterocycles. The molecule has 0 aliphatic rings. The number of non-ortho nitro benzene ring substituents is 1. The van der Waals surface area contributed by atoms with Gasteiger partial charge in [-0.05, 0) is 12.0 Å². The first-order chi connectivity index (χ1) is 9.58. The molecule has 1 aromatic carbocycles. The highest BCUT2D eigenvalue weighted by Gasteiger charge is 2.21. The van der Waals surface area contributed by atoms with Crippen molar-refractivity contribution in [3.05, 3.63) is 32.8 Å². The quantitative estimate of drug-likeness (QED) is 0.397. The predicted octanol–water partition coefficient (Wildman–Crippen LogP) is 3.58. The summed E-state index contributed by atoms with van der Waals surface area (Å²) in [6.45, 7) is 3.83. The number of hydrogen-bond acceptors (Lipinski definition) is 5. The maximum absolute atomic E-state index is 11.2. The largest absolute Gasteiger partial charge is 0.493 e. The first-order valence-electron chi connectivity index (χ1n) is 6.08. The number of halogens is 2. The van der Waals surface area contributed by atoms with Gasteiger partial charge in [0, 0.05) is 27.1 Å². The Morgan fingerprint density at radius 2 is 2.00 bits per heavy atom. The van der Waals surface area contributed by atoms with E-state index >= 15 is 0 Å². The Kier molecular flexibility index (Phi) is 6.42. The monoisotopic (exact) mass is 399 g/mol. The summed E-state index contributed by atoms with van der Waals surface area (Å²) >= 11 is 3.16. The van der Waals surface area contributed by atoms with Crippen LogP contribution in [0.1, 0.15) is 13.8 Å². The van der Waals surface area contributed by atoms with Crippen molar-refractivity contribution in [3.63, 3.8) is 0 Å². The fraction of sp³-hybridized carbons (Fsp3) is 0.500. The average Bonchev–Trinajstić information content (AvgIpc) is 2.32. The fourth-order valence-electron chi connectivity index (χ4n) is 1.63. The Morgan fingerprint density at radius 1 is 1.38 bits per heavy atom. The Hall–Kier alpha value is -0.860. The summed E-state index contributed by atoms with van der Waals surface area (Å²) in [5.41, 5.74) is -0.106. The minimum Gasteiger partial charge on any atom is -0.493 e. The predicted molar refractivity (Wildman–Crippen MR) is 84.3 cm³/mol. The second kappa shape index (κ2) is 7.42. The highest BCUT2D eigenvalue weighted by Crippen LogP contribution is 2.27. The number of hydrogen-bond donors (Lipinski definition) is 0. The van der Waals surface area contributed by atoms with Gasteiger partial charge in [-0.3, -0.25) is 10.1 Å². The number of benzene rings is 1. The highest BCUT2D eigenvalue weighted by molar-refractivity contribution is 9.10. The van der Waals surface area contributed by atoms with Crippen molar-refractivity contribution >= 4 is 41.4 Å². The van der Waals surface area contributed by atoms with E-state index < -0.39 is 14.0 Å². The van der Waals surface area contributed by atoms with Crippen LogP contribution in [0.2, 0.25) is 0 Å². The summed E-state index contributed by atoms with van der Waals surface area (Å²) in [5.74, 6) is -0.164. The van der Waals surface area contributed by atoms with Crippen molar-refractivity contribution in [1.82, 2.24) is 0 Å². The van der Waals surface area contributed by atoms with Gasteiger partial charge < -0.3 is 4.74 Å². The lowest BCUT2D eigenvalue weighted by Crippen LogP contribution is -2.24. The average molecular weight is 401 g/mol. The van der Waals surface area contributed by atoms with Gasteiger partial charge in [0.15, 0.2) is 0 Å². The number of nitrogens with zero attached hydrogens (tertiary/aromatic N) is 1. The van der Waals surface area contributed by atoms with Crippen LogP contribution in [0.4, 0.5) is 5.69 Å². The van der Waals surface area contributed by atoms with E-state index in [4.69, 9.17) is 15.4 Å². The van der Waals surface area contributed by atoms with E-state index in [0.29, 0.717) is 10.2 Å². The fourth-order valence-corrected chi connectivity index (χ4v) is 3.57. The molecule has 0 saturated heterocycles. The summed E-state index contributed by atoms with van der Waals surface area (Å²) < 4.78 is 28.3. The van der Waals surface area contributed by atoms with Crippen molar-refractivity contribution < 1.29 is 18.1 Å². The van der Waals surface area contributed by atoms with E-state index in [2.05, 4.69) is 15.9 Å². The molecule has 1 rings (SSSR count). The van der Waals surface area contributed by atoms with Crippen LogP contribution in [0.5, 0.6) is 5.75 Å². The van der Waals surface area contributed by atoms with Crippen LogP contribution in [0, 0.1) is 22.0 Å². The molecule has 0 N–H and O–H groups in total. The molecule has 1 atom stereocenters. The zero-order valence-electron chi connectivity index (χ0n) is 11.5. The molecule has 9 heteroatoms. The summed E-state index contributed by atoms with van der Waals surface area (Å²) in [4.78, 5) is 10.2. The van der Waals surface area contributed by atoms with E-state index in [0.717, 1.165) is 0 Å².